The van der Waals surface area contributed by atoms with Gasteiger partial charge in [-0.3, -0.25) is 18.6 Å². The number of hydrogen-bond acceptors (Lipinski definition) is 7. The molecule has 2 unspecified atom stereocenters. The summed E-state index contributed by atoms with van der Waals surface area (Å²) >= 11 is 0. The van der Waals surface area contributed by atoms with E-state index in [-0.39, 0.29) is 25.6 Å². The van der Waals surface area contributed by atoms with Gasteiger partial charge in [-0.2, -0.15) is 0 Å². The van der Waals surface area contributed by atoms with Crippen molar-refractivity contribution in [1.82, 2.24) is 0 Å². The SMILES string of the molecule is CC/C=C\C/C=C\C/C=C\C/C=C\C/C=C\C/C=C\CCCCCCCCCCCCCCC(=O)OC(COC(=O)CCCCCCCCCCCCCCCCCCCCCCC)COP(=O)(O)OCC[N+](C)(C)C. The van der Waals surface area contributed by atoms with Gasteiger partial charge in [0.2, 0.25) is 0 Å². The summed E-state index contributed by atoms with van der Waals surface area (Å²) in [6.45, 7) is 4.36. The fourth-order valence-corrected chi connectivity index (χ4v) is 9.65. The molecule has 0 saturated heterocycles. The van der Waals surface area contributed by atoms with Crippen molar-refractivity contribution in [3.63, 3.8) is 0 Å². The Morgan fingerprint density at radius 3 is 1.12 bits per heavy atom. The second-order valence-electron chi connectivity index (χ2n) is 22.4. The Labute approximate surface area is 469 Å². The first-order valence-corrected chi connectivity index (χ1v) is 33.2. The van der Waals surface area contributed by atoms with Gasteiger partial charge >= 0.3 is 19.8 Å². The average Bonchev–Trinajstić information content (AvgIpc) is 3.38. The second kappa shape index (κ2) is 57.1. The van der Waals surface area contributed by atoms with Crippen LogP contribution in [0, 0.1) is 0 Å². The molecule has 0 aliphatic rings. The Bertz CT molecular complexity index is 1510. The lowest BCUT2D eigenvalue weighted by Gasteiger charge is -2.24. The number of rotatable bonds is 58. The van der Waals surface area contributed by atoms with Crippen molar-refractivity contribution in [1.29, 1.82) is 0 Å². The topological polar surface area (TPSA) is 108 Å². The lowest BCUT2D eigenvalue weighted by Crippen LogP contribution is -2.37. The molecule has 0 aromatic carbocycles. The maximum absolute atomic E-state index is 12.8. The predicted molar refractivity (Wildman–Crippen MR) is 326 cm³/mol. The summed E-state index contributed by atoms with van der Waals surface area (Å²) in [5.41, 5.74) is 0. The average molecular weight is 1090 g/mol. The number of phosphoric acid groups is 1. The number of nitrogens with zero attached hydrogens (tertiary/aromatic N) is 1. The largest absolute Gasteiger partial charge is 0.472 e. The highest BCUT2D eigenvalue weighted by Crippen LogP contribution is 2.43. The number of ether oxygens (including phenoxy) is 2. The van der Waals surface area contributed by atoms with Gasteiger partial charge in [0.15, 0.2) is 6.10 Å². The van der Waals surface area contributed by atoms with Gasteiger partial charge in [0.25, 0.3) is 0 Å². The highest BCUT2D eigenvalue weighted by atomic mass is 31.2. The lowest BCUT2D eigenvalue weighted by molar-refractivity contribution is -0.870. The van der Waals surface area contributed by atoms with Crippen molar-refractivity contribution in [3.05, 3.63) is 72.9 Å². The van der Waals surface area contributed by atoms with Crippen molar-refractivity contribution >= 4 is 19.8 Å². The van der Waals surface area contributed by atoms with Crippen molar-refractivity contribution in [2.45, 2.75) is 290 Å². The zero-order valence-corrected chi connectivity index (χ0v) is 51.1. The molecular weight excluding hydrogens is 966 g/mol. The monoisotopic (exact) mass is 1090 g/mol. The first-order valence-electron chi connectivity index (χ1n) is 31.7. The normalized spacial score (nSPS) is 13.7. The van der Waals surface area contributed by atoms with Gasteiger partial charge in [-0.15, -0.1) is 0 Å². The van der Waals surface area contributed by atoms with Crippen LogP contribution in [0.2, 0.25) is 0 Å². The summed E-state index contributed by atoms with van der Waals surface area (Å²) in [7, 11) is 1.48. The summed E-state index contributed by atoms with van der Waals surface area (Å²) in [6.07, 6.45) is 75.5. The third-order valence-corrected chi connectivity index (χ3v) is 14.7. The first kappa shape index (κ1) is 73.5. The maximum Gasteiger partial charge on any atom is 0.472 e. The second-order valence-corrected chi connectivity index (χ2v) is 23.9. The number of allylic oxidation sites excluding steroid dienone is 12. The van der Waals surface area contributed by atoms with E-state index in [0.29, 0.717) is 23.9 Å². The standard InChI is InChI=1S/C66H120NO8P/c1-6-8-10-12-14-16-18-20-22-24-26-28-29-30-31-32-33-34-35-36-37-39-41-43-45-47-49-51-53-55-57-59-66(69)75-64(63-74-76(70,71)73-61-60-67(3,4)5)62-72-65(68)58-56-54-52-50-48-46-44-42-40-38-27-25-23-21-19-17-15-13-11-9-7-2/h8,10,14,16,20,22,26,28,30-31,33-34,64H,6-7,9,11-13,15,17-19,21,23-25,27,29,32,35-63H2,1-5H3/p+1/b10-8-,16-14-,22-20-,28-26-,31-30-,34-33-. The molecule has 2 atom stereocenters. The van der Waals surface area contributed by atoms with Crippen molar-refractivity contribution in [2.75, 3.05) is 47.5 Å². The molecule has 442 valence electrons. The van der Waals surface area contributed by atoms with E-state index < -0.39 is 26.5 Å². The number of hydrogen-bond donors (Lipinski definition) is 1. The molecule has 0 amide bonds. The number of esters is 2. The first-order chi connectivity index (χ1) is 37.0. The highest BCUT2D eigenvalue weighted by Gasteiger charge is 2.27. The van der Waals surface area contributed by atoms with E-state index in [2.05, 4.69) is 86.8 Å². The maximum atomic E-state index is 12.8. The van der Waals surface area contributed by atoms with Crippen LogP contribution in [0.5, 0.6) is 0 Å². The zero-order chi connectivity index (χ0) is 55.6. The molecule has 0 spiro atoms. The number of quaternary nitrogens is 1. The van der Waals surface area contributed by atoms with Crippen LogP contribution in [-0.2, 0) is 32.7 Å². The Morgan fingerprint density at radius 2 is 0.750 bits per heavy atom. The molecule has 0 aromatic heterocycles. The quantitative estimate of drug-likeness (QED) is 0.0211. The number of carbonyl (C=O) groups is 2. The van der Waals surface area contributed by atoms with Gasteiger partial charge in [-0.05, 0) is 64.2 Å². The minimum Gasteiger partial charge on any atom is -0.462 e. The van der Waals surface area contributed by atoms with Crippen LogP contribution in [0.25, 0.3) is 0 Å². The van der Waals surface area contributed by atoms with Crippen LogP contribution in [-0.4, -0.2) is 74.9 Å². The summed E-state index contributed by atoms with van der Waals surface area (Å²) in [4.78, 5) is 35.8. The van der Waals surface area contributed by atoms with Gasteiger partial charge in [0, 0.05) is 12.8 Å². The molecule has 76 heavy (non-hydrogen) atoms. The van der Waals surface area contributed by atoms with Gasteiger partial charge in [0.1, 0.15) is 19.8 Å². The predicted octanol–water partition coefficient (Wildman–Crippen LogP) is 20.0. The molecule has 9 nitrogen and oxygen atoms in total. The Morgan fingerprint density at radius 1 is 0.421 bits per heavy atom. The Hall–Kier alpha value is -2.55. The zero-order valence-electron chi connectivity index (χ0n) is 50.2. The van der Waals surface area contributed by atoms with Crippen LogP contribution >= 0.6 is 7.82 Å². The molecule has 0 rings (SSSR count). The molecule has 0 bridgehead atoms. The lowest BCUT2D eigenvalue weighted by atomic mass is 10.0. The number of likely N-dealkylation sites (N-methyl/N-ethyl adjacent to an activating group) is 1. The van der Waals surface area contributed by atoms with E-state index in [0.717, 1.165) is 77.0 Å². The summed E-state index contributed by atoms with van der Waals surface area (Å²) in [6, 6.07) is 0. The van der Waals surface area contributed by atoms with Crippen LogP contribution < -0.4 is 0 Å². The molecule has 0 aliphatic heterocycles. The Kier molecular flexibility index (Phi) is 55.2. The van der Waals surface area contributed by atoms with Crippen LogP contribution in [0.1, 0.15) is 284 Å². The van der Waals surface area contributed by atoms with E-state index in [1.807, 2.05) is 21.1 Å². The van der Waals surface area contributed by atoms with E-state index in [4.69, 9.17) is 18.5 Å². The van der Waals surface area contributed by atoms with E-state index in [9.17, 15) is 19.0 Å². The molecule has 0 fully saturated rings. The third-order valence-electron chi connectivity index (χ3n) is 13.8. The van der Waals surface area contributed by atoms with E-state index in [1.165, 1.54) is 173 Å². The van der Waals surface area contributed by atoms with E-state index >= 15 is 0 Å². The molecule has 0 heterocycles. The van der Waals surface area contributed by atoms with Gasteiger partial charge in [-0.25, -0.2) is 4.57 Å². The van der Waals surface area contributed by atoms with Gasteiger partial charge in [-0.1, -0.05) is 279 Å². The fraction of sp³-hybridized carbons (Fsp3) is 0.788. The molecule has 0 saturated carbocycles. The highest BCUT2D eigenvalue weighted by molar-refractivity contribution is 7.47. The molecule has 0 aromatic rings. The van der Waals surface area contributed by atoms with Crippen LogP contribution in [0.3, 0.4) is 0 Å². The molecule has 10 heteroatoms. The minimum atomic E-state index is -4.39. The fourth-order valence-electron chi connectivity index (χ4n) is 8.90. The summed E-state index contributed by atoms with van der Waals surface area (Å²) < 4.78 is 34.7. The number of carbonyl (C=O) groups excluding carboxylic acids is 2. The molecule has 1 N–H and O–H groups in total. The van der Waals surface area contributed by atoms with Crippen molar-refractivity contribution in [2.24, 2.45) is 0 Å². The summed E-state index contributed by atoms with van der Waals surface area (Å²) in [5.74, 6) is -0.789. The van der Waals surface area contributed by atoms with Crippen LogP contribution in [0.15, 0.2) is 72.9 Å². The molecule has 0 radical (unpaired) electrons. The smallest absolute Gasteiger partial charge is 0.462 e. The van der Waals surface area contributed by atoms with E-state index in [1.54, 1.807) is 0 Å². The minimum absolute atomic E-state index is 0.0308. The van der Waals surface area contributed by atoms with Gasteiger partial charge < -0.3 is 18.9 Å². The molecular formula is C66H121NO8P+. The number of phosphoric ester groups is 1. The molecule has 0 aliphatic carbocycles. The van der Waals surface area contributed by atoms with Crippen molar-refractivity contribution in [3.8, 4) is 0 Å². The third kappa shape index (κ3) is 60.7. The summed E-state index contributed by atoms with van der Waals surface area (Å²) in [5, 5.41) is 0. The number of unbranched alkanes of at least 4 members (excludes halogenated alkanes) is 32. The Balaban J connectivity index is 4.10. The van der Waals surface area contributed by atoms with Crippen molar-refractivity contribution < 1.29 is 42.1 Å². The van der Waals surface area contributed by atoms with Gasteiger partial charge in [0.05, 0.1) is 27.7 Å². The van der Waals surface area contributed by atoms with Crippen LogP contribution in [0.4, 0.5) is 0 Å².